The standard InChI is InChI=1S/C42H33N/c1-31-29-38(43(36-16-7-3-8-17-36)37-18-9-4-10-19-37)26-28-39(31)41-27-25-35-15-11-12-20-40(35)42(41)30-32-21-23-34(24-22-32)33-13-5-2-6-14-33/h2-29H,30H2,1H3. The molecule has 0 fully saturated rings. The summed E-state index contributed by atoms with van der Waals surface area (Å²) >= 11 is 0. The van der Waals surface area contributed by atoms with E-state index in [1.807, 2.05) is 0 Å². The Morgan fingerprint density at radius 2 is 1.00 bits per heavy atom. The summed E-state index contributed by atoms with van der Waals surface area (Å²) in [6.07, 6.45) is 0.868. The van der Waals surface area contributed by atoms with Crippen molar-refractivity contribution in [2.75, 3.05) is 4.90 Å². The van der Waals surface area contributed by atoms with E-state index in [0.717, 1.165) is 23.5 Å². The Balaban J connectivity index is 1.30. The molecule has 0 aliphatic rings. The van der Waals surface area contributed by atoms with Gasteiger partial charge in [0.05, 0.1) is 0 Å². The minimum Gasteiger partial charge on any atom is -0.310 e. The highest BCUT2D eigenvalue weighted by Gasteiger charge is 2.16. The number of anilines is 3. The zero-order valence-corrected chi connectivity index (χ0v) is 24.3. The van der Waals surface area contributed by atoms with Gasteiger partial charge in [0.15, 0.2) is 0 Å². The van der Waals surface area contributed by atoms with Crippen LogP contribution in [0.3, 0.4) is 0 Å². The number of para-hydroxylation sites is 2. The van der Waals surface area contributed by atoms with Crippen LogP contribution >= 0.6 is 0 Å². The Morgan fingerprint density at radius 3 is 1.65 bits per heavy atom. The zero-order valence-electron chi connectivity index (χ0n) is 24.3. The first-order valence-electron chi connectivity index (χ1n) is 14.9. The third-order valence-corrected chi connectivity index (χ3v) is 8.27. The quantitative estimate of drug-likeness (QED) is 0.190. The molecule has 0 saturated carbocycles. The van der Waals surface area contributed by atoms with Crippen molar-refractivity contribution in [3.63, 3.8) is 0 Å². The number of fused-ring (bicyclic) bond motifs is 1. The molecule has 0 atom stereocenters. The normalized spacial score (nSPS) is 11.0. The molecule has 0 unspecified atom stereocenters. The summed E-state index contributed by atoms with van der Waals surface area (Å²) in [7, 11) is 0. The third-order valence-electron chi connectivity index (χ3n) is 8.27. The molecule has 0 N–H and O–H groups in total. The van der Waals surface area contributed by atoms with E-state index in [9.17, 15) is 0 Å². The van der Waals surface area contributed by atoms with Crippen LogP contribution in [-0.4, -0.2) is 0 Å². The molecule has 7 rings (SSSR count). The highest BCUT2D eigenvalue weighted by molar-refractivity contribution is 5.93. The summed E-state index contributed by atoms with van der Waals surface area (Å²) in [5.41, 5.74) is 12.4. The molecular formula is C42H33N. The van der Waals surface area contributed by atoms with E-state index in [2.05, 4.69) is 182 Å². The second-order valence-corrected chi connectivity index (χ2v) is 11.1. The fraction of sp³-hybridized carbons (Fsp3) is 0.0476. The van der Waals surface area contributed by atoms with Gasteiger partial charge in [0.1, 0.15) is 0 Å². The fourth-order valence-electron chi connectivity index (χ4n) is 6.12. The van der Waals surface area contributed by atoms with Gasteiger partial charge in [0.2, 0.25) is 0 Å². The summed E-state index contributed by atoms with van der Waals surface area (Å²) in [5, 5.41) is 2.58. The van der Waals surface area contributed by atoms with E-state index >= 15 is 0 Å². The van der Waals surface area contributed by atoms with Crippen LogP contribution in [0.4, 0.5) is 17.1 Å². The molecule has 0 aromatic heterocycles. The molecule has 7 aromatic carbocycles. The van der Waals surface area contributed by atoms with Gasteiger partial charge in [0, 0.05) is 17.1 Å². The molecule has 0 aliphatic carbocycles. The van der Waals surface area contributed by atoms with Crippen LogP contribution in [0.2, 0.25) is 0 Å². The van der Waals surface area contributed by atoms with Crippen molar-refractivity contribution in [3.05, 3.63) is 187 Å². The number of benzene rings is 7. The Labute approximate surface area is 254 Å². The van der Waals surface area contributed by atoms with Crippen LogP contribution in [0.15, 0.2) is 170 Å². The van der Waals surface area contributed by atoms with Crippen molar-refractivity contribution in [1.82, 2.24) is 0 Å². The Bertz CT molecular complexity index is 1940. The first-order chi connectivity index (χ1) is 21.2. The zero-order chi connectivity index (χ0) is 29.0. The number of nitrogens with zero attached hydrogens (tertiary/aromatic N) is 1. The van der Waals surface area contributed by atoms with Crippen molar-refractivity contribution in [1.29, 1.82) is 0 Å². The summed E-state index contributed by atoms with van der Waals surface area (Å²) in [4.78, 5) is 2.33. The van der Waals surface area contributed by atoms with E-state index in [0.29, 0.717) is 0 Å². The van der Waals surface area contributed by atoms with Gasteiger partial charge >= 0.3 is 0 Å². The molecule has 0 aliphatic heterocycles. The molecule has 43 heavy (non-hydrogen) atoms. The van der Waals surface area contributed by atoms with Crippen LogP contribution in [-0.2, 0) is 6.42 Å². The first kappa shape index (κ1) is 26.5. The third kappa shape index (κ3) is 5.46. The monoisotopic (exact) mass is 551 g/mol. The van der Waals surface area contributed by atoms with E-state index in [-0.39, 0.29) is 0 Å². The Kier molecular flexibility index (Phi) is 7.29. The van der Waals surface area contributed by atoms with Crippen LogP contribution in [0.1, 0.15) is 16.7 Å². The molecule has 0 bridgehead atoms. The summed E-state index contributed by atoms with van der Waals surface area (Å²) in [6, 6.07) is 61.1. The van der Waals surface area contributed by atoms with Gasteiger partial charge in [-0.2, -0.15) is 0 Å². The van der Waals surface area contributed by atoms with Gasteiger partial charge in [-0.05, 0) is 99.5 Å². The van der Waals surface area contributed by atoms with Crippen LogP contribution < -0.4 is 4.90 Å². The molecule has 1 heteroatoms. The van der Waals surface area contributed by atoms with Crippen LogP contribution in [0, 0.1) is 6.92 Å². The lowest BCUT2D eigenvalue weighted by molar-refractivity contribution is 1.21. The van der Waals surface area contributed by atoms with Crippen molar-refractivity contribution < 1.29 is 0 Å². The number of aryl methyl sites for hydroxylation is 1. The largest absolute Gasteiger partial charge is 0.310 e. The maximum atomic E-state index is 2.33. The number of hydrogen-bond donors (Lipinski definition) is 0. The summed E-state index contributed by atoms with van der Waals surface area (Å²) in [6.45, 7) is 2.24. The topological polar surface area (TPSA) is 3.24 Å². The minimum atomic E-state index is 0.868. The van der Waals surface area contributed by atoms with Gasteiger partial charge < -0.3 is 4.90 Å². The molecule has 7 aromatic rings. The summed E-state index contributed by atoms with van der Waals surface area (Å²) in [5.74, 6) is 0. The van der Waals surface area contributed by atoms with Gasteiger partial charge in [-0.1, -0.05) is 133 Å². The van der Waals surface area contributed by atoms with Crippen molar-refractivity contribution in [2.45, 2.75) is 13.3 Å². The van der Waals surface area contributed by atoms with Gasteiger partial charge in [-0.25, -0.2) is 0 Å². The molecule has 0 heterocycles. The van der Waals surface area contributed by atoms with E-state index in [1.54, 1.807) is 0 Å². The van der Waals surface area contributed by atoms with E-state index in [1.165, 1.54) is 49.7 Å². The van der Waals surface area contributed by atoms with Gasteiger partial charge in [-0.15, -0.1) is 0 Å². The lowest BCUT2D eigenvalue weighted by Gasteiger charge is -2.26. The van der Waals surface area contributed by atoms with E-state index < -0.39 is 0 Å². The van der Waals surface area contributed by atoms with Gasteiger partial charge in [0.25, 0.3) is 0 Å². The first-order valence-corrected chi connectivity index (χ1v) is 14.9. The predicted molar refractivity (Wildman–Crippen MR) is 183 cm³/mol. The number of rotatable bonds is 7. The highest BCUT2D eigenvalue weighted by atomic mass is 15.1. The average Bonchev–Trinajstić information content (AvgIpc) is 3.07. The SMILES string of the molecule is Cc1cc(N(c2ccccc2)c2ccccc2)ccc1-c1ccc2ccccc2c1Cc1ccc(-c2ccccc2)cc1. The lowest BCUT2D eigenvalue weighted by atomic mass is 9.88. The smallest absolute Gasteiger partial charge is 0.0464 e. The number of hydrogen-bond acceptors (Lipinski definition) is 1. The second kappa shape index (κ2) is 11.8. The predicted octanol–water partition coefficient (Wildman–Crippen LogP) is 11.5. The van der Waals surface area contributed by atoms with Crippen LogP contribution in [0.25, 0.3) is 33.0 Å². The van der Waals surface area contributed by atoms with Crippen LogP contribution in [0.5, 0.6) is 0 Å². The Hall–Kier alpha value is -5.40. The van der Waals surface area contributed by atoms with Crippen molar-refractivity contribution >= 4 is 27.8 Å². The maximum absolute atomic E-state index is 2.33. The van der Waals surface area contributed by atoms with Crippen molar-refractivity contribution in [2.24, 2.45) is 0 Å². The van der Waals surface area contributed by atoms with Crippen molar-refractivity contribution in [3.8, 4) is 22.3 Å². The molecule has 206 valence electrons. The molecule has 1 nitrogen and oxygen atoms in total. The fourth-order valence-corrected chi connectivity index (χ4v) is 6.12. The van der Waals surface area contributed by atoms with E-state index in [4.69, 9.17) is 0 Å². The lowest BCUT2D eigenvalue weighted by Crippen LogP contribution is -2.10. The second-order valence-electron chi connectivity index (χ2n) is 11.1. The maximum Gasteiger partial charge on any atom is 0.0464 e. The molecule has 0 spiro atoms. The minimum absolute atomic E-state index is 0.868. The average molecular weight is 552 g/mol. The molecule has 0 amide bonds. The Morgan fingerprint density at radius 1 is 0.442 bits per heavy atom. The molecular weight excluding hydrogens is 518 g/mol. The highest BCUT2D eigenvalue weighted by Crippen LogP contribution is 2.39. The molecule has 0 saturated heterocycles. The van der Waals surface area contributed by atoms with Gasteiger partial charge in [-0.3, -0.25) is 0 Å². The molecule has 0 radical (unpaired) electrons. The summed E-state index contributed by atoms with van der Waals surface area (Å²) < 4.78 is 0.